The van der Waals surface area contributed by atoms with Crippen molar-refractivity contribution in [3.63, 3.8) is 0 Å². The van der Waals surface area contributed by atoms with Crippen molar-refractivity contribution in [2.45, 2.75) is 12.6 Å². The van der Waals surface area contributed by atoms with Crippen LogP contribution in [0.5, 0.6) is 5.75 Å². The van der Waals surface area contributed by atoms with Gasteiger partial charge >= 0.3 is 6.18 Å². The Morgan fingerprint density at radius 3 is 2.42 bits per heavy atom. The second-order valence-electron chi connectivity index (χ2n) is 6.04. The lowest BCUT2D eigenvalue weighted by molar-refractivity contribution is -0.137. The number of anilines is 3. The number of hydrogen-bond acceptors (Lipinski definition) is 3. The van der Waals surface area contributed by atoms with Crippen molar-refractivity contribution in [3.8, 4) is 5.75 Å². The molecule has 1 fully saturated rings. The molecule has 0 atom stereocenters. The number of ether oxygens (including phenoxy) is 1. The average Bonchev–Trinajstić information content (AvgIpc) is 2.51. The highest BCUT2D eigenvalue weighted by Crippen LogP contribution is 2.41. The summed E-state index contributed by atoms with van der Waals surface area (Å²) >= 11 is 0. The van der Waals surface area contributed by atoms with Crippen LogP contribution in [-0.2, 0) is 6.18 Å². The molecule has 0 N–H and O–H groups in total. The second-order valence-corrected chi connectivity index (χ2v) is 6.04. The van der Waals surface area contributed by atoms with Crippen LogP contribution >= 0.6 is 0 Å². The summed E-state index contributed by atoms with van der Waals surface area (Å²) in [6.07, 6.45) is -3.16. The van der Waals surface area contributed by atoms with E-state index in [1.54, 1.807) is 0 Å². The van der Waals surface area contributed by atoms with Crippen LogP contribution in [-0.4, -0.2) is 26.2 Å². The Labute approximate surface area is 138 Å². The van der Waals surface area contributed by atoms with Crippen LogP contribution in [0.3, 0.4) is 0 Å². The van der Waals surface area contributed by atoms with Crippen LogP contribution in [0.25, 0.3) is 0 Å². The first-order valence-corrected chi connectivity index (χ1v) is 7.99. The molecular weight excluding hydrogens is 317 g/mol. The Morgan fingerprint density at radius 2 is 1.71 bits per heavy atom. The number of alkyl halides is 3. The van der Waals surface area contributed by atoms with Crippen molar-refractivity contribution in [1.29, 1.82) is 0 Å². The fraction of sp³-hybridized carbons (Fsp3) is 0.333. The molecule has 126 valence electrons. The predicted octanol–water partition coefficient (Wildman–Crippen LogP) is 4.45. The van der Waals surface area contributed by atoms with Gasteiger partial charge in [0.05, 0.1) is 17.8 Å². The van der Waals surface area contributed by atoms with Crippen LogP contribution in [0, 0.1) is 0 Å². The molecule has 4 rings (SSSR count). The molecule has 0 spiro atoms. The maximum atomic E-state index is 12.9. The first-order valence-electron chi connectivity index (χ1n) is 7.99. The summed E-state index contributed by atoms with van der Waals surface area (Å²) in [5.74, 6) is 0.283. The molecule has 0 radical (unpaired) electrons. The Morgan fingerprint density at radius 1 is 0.917 bits per heavy atom. The first-order chi connectivity index (χ1) is 11.5. The zero-order chi connectivity index (χ0) is 16.7. The molecule has 1 saturated heterocycles. The van der Waals surface area contributed by atoms with Crippen molar-refractivity contribution in [2.75, 3.05) is 36.0 Å². The summed E-state index contributed by atoms with van der Waals surface area (Å²) in [6, 6.07) is 11.8. The summed E-state index contributed by atoms with van der Waals surface area (Å²) in [7, 11) is 0. The highest BCUT2D eigenvalue weighted by atomic mass is 19.4. The zero-order valence-corrected chi connectivity index (χ0v) is 13.0. The molecule has 2 aromatic rings. The van der Waals surface area contributed by atoms with Crippen LogP contribution in [0.4, 0.5) is 30.2 Å². The topological polar surface area (TPSA) is 15.7 Å². The SMILES string of the molecule is FC(F)(F)c1ccc2c(c1)OCCN2c1cccc(N2CCC2)c1. The van der Waals surface area contributed by atoms with Gasteiger partial charge in [0, 0.05) is 24.5 Å². The van der Waals surface area contributed by atoms with E-state index >= 15 is 0 Å². The van der Waals surface area contributed by atoms with Gasteiger partial charge in [-0.3, -0.25) is 0 Å². The standard InChI is InChI=1S/C18H17F3N2O/c19-18(20,21)13-5-6-16-17(11-13)24-10-9-23(16)15-4-1-3-14(12-15)22-7-2-8-22/h1,3-6,11-12H,2,7-10H2. The minimum Gasteiger partial charge on any atom is -0.490 e. The smallest absolute Gasteiger partial charge is 0.416 e. The van der Waals surface area contributed by atoms with Gasteiger partial charge in [0.15, 0.2) is 0 Å². The molecule has 2 aromatic carbocycles. The van der Waals surface area contributed by atoms with Gasteiger partial charge in [0.25, 0.3) is 0 Å². The Bertz CT molecular complexity index is 756. The zero-order valence-electron chi connectivity index (χ0n) is 13.0. The third-order valence-electron chi connectivity index (χ3n) is 4.51. The Hall–Kier alpha value is -2.37. The molecule has 24 heavy (non-hydrogen) atoms. The van der Waals surface area contributed by atoms with Crippen molar-refractivity contribution in [3.05, 3.63) is 48.0 Å². The van der Waals surface area contributed by atoms with E-state index in [-0.39, 0.29) is 5.75 Å². The molecule has 0 bridgehead atoms. The quantitative estimate of drug-likeness (QED) is 0.807. The molecule has 6 heteroatoms. The normalized spacial score (nSPS) is 17.1. The Balaban J connectivity index is 1.69. The van der Waals surface area contributed by atoms with E-state index in [1.165, 1.54) is 12.5 Å². The number of fused-ring (bicyclic) bond motifs is 1. The van der Waals surface area contributed by atoms with Crippen LogP contribution in [0.2, 0.25) is 0 Å². The van der Waals surface area contributed by atoms with Gasteiger partial charge < -0.3 is 14.5 Å². The molecule has 0 aromatic heterocycles. The number of rotatable bonds is 2. The number of benzene rings is 2. The first kappa shape index (κ1) is 15.2. The summed E-state index contributed by atoms with van der Waals surface area (Å²) in [6.45, 7) is 3.08. The molecule has 0 amide bonds. The highest BCUT2D eigenvalue weighted by molar-refractivity contribution is 5.73. The lowest BCUT2D eigenvalue weighted by Gasteiger charge is -2.35. The molecule has 2 aliphatic rings. The monoisotopic (exact) mass is 334 g/mol. The number of nitrogens with zero attached hydrogens (tertiary/aromatic N) is 2. The van der Waals surface area contributed by atoms with Crippen LogP contribution in [0.1, 0.15) is 12.0 Å². The van der Waals surface area contributed by atoms with Crippen molar-refractivity contribution >= 4 is 17.1 Å². The fourth-order valence-corrected chi connectivity index (χ4v) is 3.10. The minimum atomic E-state index is -4.36. The van der Waals surface area contributed by atoms with Gasteiger partial charge in [-0.2, -0.15) is 13.2 Å². The fourth-order valence-electron chi connectivity index (χ4n) is 3.10. The van der Waals surface area contributed by atoms with Gasteiger partial charge in [-0.05, 0) is 42.8 Å². The molecule has 2 aliphatic heterocycles. The minimum absolute atomic E-state index is 0.283. The lowest BCUT2D eigenvalue weighted by atomic mass is 10.1. The largest absolute Gasteiger partial charge is 0.490 e. The van der Waals surface area contributed by atoms with E-state index in [2.05, 4.69) is 17.0 Å². The summed E-state index contributed by atoms with van der Waals surface area (Å²) < 4.78 is 44.1. The van der Waals surface area contributed by atoms with Crippen molar-refractivity contribution in [1.82, 2.24) is 0 Å². The van der Waals surface area contributed by atoms with E-state index in [9.17, 15) is 13.2 Å². The molecular formula is C18H17F3N2O. The number of halogens is 3. The van der Waals surface area contributed by atoms with Crippen molar-refractivity contribution < 1.29 is 17.9 Å². The summed E-state index contributed by atoms with van der Waals surface area (Å²) in [4.78, 5) is 4.31. The highest BCUT2D eigenvalue weighted by Gasteiger charge is 2.32. The lowest BCUT2D eigenvalue weighted by Crippen LogP contribution is -2.37. The van der Waals surface area contributed by atoms with Gasteiger partial charge in [0.1, 0.15) is 12.4 Å². The summed E-state index contributed by atoms with van der Waals surface area (Å²) in [5.41, 5.74) is 2.12. The Kier molecular flexibility index (Phi) is 3.55. The maximum Gasteiger partial charge on any atom is 0.416 e. The van der Waals surface area contributed by atoms with Gasteiger partial charge in [-0.1, -0.05) is 6.07 Å². The molecule has 3 nitrogen and oxygen atoms in total. The number of hydrogen-bond donors (Lipinski definition) is 0. The second kappa shape index (κ2) is 5.61. The van der Waals surface area contributed by atoms with Crippen LogP contribution in [0.15, 0.2) is 42.5 Å². The molecule has 2 heterocycles. The van der Waals surface area contributed by atoms with Gasteiger partial charge in [-0.15, -0.1) is 0 Å². The van der Waals surface area contributed by atoms with E-state index in [0.717, 1.165) is 36.6 Å². The van der Waals surface area contributed by atoms with Crippen LogP contribution < -0.4 is 14.5 Å². The third-order valence-corrected chi connectivity index (χ3v) is 4.51. The third kappa shape index (κ3) is 2.66. The predicted molar refractivity (Wildman–Crippen MR) is 87.2 cm³/mol. The summed E-state index contributed by atoms with van der Waals surface area (Å²) in [5, 5.41) is 0. The van der Waals surface area contributed by atoms with E-state index in [1.807, 2.05) is 17.0 Å². The van der Waals surface area contributed by atoms with E-state index in [4.69, 9.17) is 4.74 Å². The van der Waals surface area contributed by atoms with Gasteiger partial charge in [0.2, 0.25) is 0 Å². The van der Waals surface area contributed by atoms with E-state index in [0.29, 0.717) is 18.8 Å². The van der Waals surface area contributed by atoms with E-state index < -0.39 is 11.7 Å². The average molecular weight is 334 g/mol. The molecule has 0 unspecified atom stereocenters. The molecule has 0 saturated carbocycles. The van der Waals surface area contributed by atoms with Crippen molar-refractivity contribution in [2.24, 2.45) is 0 Å². The maximum absolute atomic E-state index is 12.9. The van der Waals surface area contributed by atoms with Gasteiger partial charge in [-0.25, -0.2) is 0 Å². The molecule has 0 aliphatic carbocycles.